The topological polar surface area (TPSA) is 56.2 Å². The first kappa shape index (κ1) is 12.3. The quantitative estimate of drug-likeness (QED) is 0.797. The number of rotatable bonds is 3. The van der Waals surface area contributed by atoms with Crippen LogP contribution in [0.4, 0.5) is 0 Å². The molecule has 98 valence electrons. The van der Waals surface area contributed by atoms with Gasteiger partial charge in [0.05, 0.1) is 11.9 Å². The number of nitrogens with two attached hydrogens (primary N) is 1. The summed E-state index contributed by atoms with van der Waals surface area (Å²) in [5.41, 5.74) is 10.2. The summed E-state index contributed by atoms with van der Waals surface area (Å²) in [5, 5.41) is 5.64. The summed E-state index contributed by atoms with van der Waals surface area (Å²) in [6, 6.07) is 6.43. The molecule has 0 spiro atoms. The predicted octanol–water partition coefficient (Wildman–Crippen LogP) is 2.58. The van der Waals surface area contributed by atoms with Gasteiger partial charge in [0.15, 0.2) is 0 Å². The fourth-order valence-corrected chi connectivity index (χ4v) is 3.07. The predicted molar refractivity (Wildman–Crippen MR) is 78.5 cm³/mol. The van der Waals surface area contributed by atoms with E-state index >= 15 is 0 Å². The first-order valence-corrected chi connectivity index (χ1v) is 7.12. The summed E-state index contributed by atoms with van der Waals surface area (Å²) in [4.78, 5) is 5.47. The molecule has 3 rings (SSSR count). The highest BCUT2D eigenvalue weighted by atomic mass is 32.1. The van der Waals surface area contributed by atoms with Crippen molar-refractivity contribution in [1.29, 1.82) is 0 Å². The minimum absolute atomic E-state index is 0.620. The summed E-state index contributed by atoms with van der Waals surface area (Å²) in [6.45, 7) is 4.83. The molecule has 0 amide bonds. The molecule has 0 saturated carbocycles. The van der Waals surface area contributed by atoms with Crippen LogP contribution in [0.3, 0.4) is 0 Å². The first-order chi connectivity index (χ1) is 9.17. The lowest BCUT2D eigenvalue weighted by molar-refractivity contribution is 0.924. The Bertz CT molecular complexity index is 695. The van der Waals surface area contributed by atoms with Gasteiger partial charge in [0, 0.05) is 12.0 Å². The Kier molecular flexibility index (Phi) is 3.08. The third-order valence-corrected chi connectivity index (χ3v) is 4.07. The van der Waals surface area contributed by atoms with E-state index in [2.05, 4.69) is 42.1 Å². The minimum Gasteiger partial charge on any atom is -0.330 e. The highest BCUT2D eigenvalue weighted by Crippen LogP contribution is 2.29. The van der Waals surface area contributed by atoms with E-state index < -0.39 is 0 Å². The fourth-order valence-electron chi connectivity index (χ4n) is 2.09. The molecular formula is C14H16N4S. The standard InChI is InChI=1S/C14H16N4S/c1-9-3-4-10(2)12(7-9)13-17-18-8-11(5-6-15)16-14(18)19-13/h3-4,7-8H,5-6,15H2,1-2H3. The molecule has 3 aromatic rings. The van der Waals surface area contributed by atoms with Gasteiger partial charge in [-0.05, 0) is 32.0 Å². The fraction of sp³-hybridized carbons (Fsp3) is 0.286. The van der Waals surface area contributed by atoms with Crippen molar-refractivity contribution in [3.8, 4) is 10.6 Å². The molecule has 0 unspecified atom stereocenters. The van der Waals surface area contributed by atoms with Crippen molar-refractivity contribution in [3.05, 3.63) is 41.2 Å². The molecular weight excluding hydrogens is 256 g/mol. The van der Waals surface area contributed by atoms with E-state index in [9.17, 15) is 0 Å². The van der Waals surface area contributed by atoms with Crippen molar-refractivity contribution in [3.63, 3.8) is 0 Å². The Morgan fingerprint density at radius 1 is 1.32 bits per heavy atom. The van der Waals surface area contributed by atoms with E-state index in [0.717, 1.165) is 22.1 Å². The molecule has 0 aliphatic rings. The second-order valence-electron chi connectivity index (χ2n) is 4.72. The molecule has 2 aromatic heterocycles. The maximum absolute atomic E-state index is 5.54. The van der Waals surface area contributed by atoms with Gasteiger partial charge in [0.2, 0.25) is 4.96 Å². The molecule has 19 heavy (non-hydrogen) atoms. The van der Waals surface area contributed by atoms with E-state index in [4.69, 9.17) is 5.73 Å². The molecule has 2 N–H and O–H groups in total. The van der Waals surface area contributed by atoms with Crippen LogP contribution < -0.4 is 5.73 Å². The van der Waals surface area contributed by atoms with Gasteiger partial charge in [-0.25, -0.2) is 9.50 Å². The summed E-state index contributed by atoms with van der Waals surface area (Å²) < 4.78 is 1.85. The van der Waals surface area contributed by atoms with Crippen LogP contribution in [-0.4, -0.2) is 21.1 Å². The van der Waals surface area contributed by atoms with Gasteiger partial charge in [-0.2, -0.15) is 5.10 Å². The zero-order valence-corrected chi connectivity index (χ0v) is 11.9. The van der Waals surface area contributed by atoms with E-state index in [1.807, 2.05) is 10.7 Å². The van der Waals surface area contributed by atoms with Gasteiger partial charge in [0.1, 0.15) is 5.01 Å². The Morgan fingerprint density at radius 2 is 2.16 bits per heavy atom. The molecule has 4 nitrogen and oxygen atoms in total. The lowest BCUT2D eigenvalue weighted by Crippen LogP contribution is -2.02. The van der Waals surface area contributed by atoms with Gasteiger partial charge in [-0.3, -0.25) is 0 Å². The van der Waals surface area contributed by atoms with Crippen LogP contribution in [-0.2, 0) is 6.42 Å². The zero-order valence-electron chi connectivity index (χ0n) is 11.1. The van der Waals surface area contributed by atoms with Crippen LogP contribution in [0.2, 0.25) is 0 Å². The van der Waals surface area contributed by atoms with Crippen LogP contribution in [0.1, 0.15) is 16.8 Å². The highest BCUT2D eigenvalue weighted by molar-refractivity contribution is 7.19. The van der Waals surface area contributed by atoms with Crippen molar-refractivity contribution in [2.24, 2.45) is 5.73 Å². The molecule has 0 aliphatic carbocycles. The molecule has 5 heteroatoms. The smallest absolute Gasteiger partial charge is 0.212 e. The van der Waals surface area contributed by atoms with Gasteiger partial charge < -0.3 is 5.73 Å². The number of fused-ring (bicyclic) bond motifs is 1. The van der Waals surface area contributed by atoms with Crippen molar-refractivity contribution in [2.75, 3.05) is 6.54 Å². The third-order valence-electron chi connectivity index (χ3n) is 3.12. The van der Waals surface area contributed by atoms with Crippen molar-refractivity contribution >= 4 is 16.3 Å². The summed E-state index contributed by atoms with van der Waals surface area (Å²) in [5.74, 6) is 0. The molecule has 0 fully saturated rings. The molecule has 0 aliphatic heterocycles. The van der Waals surface area contributed by atoms with Crippen LogP contribution in [0.5, 0.6) is 0 Å². The lowest BCUT2D eigenvalue weighted by atomic mass is 10.1. The summed E-state index contributed by atoms with van der Waals surface area (Å²) in [6.07, 6.45) is 2.77. The normalized spacial score (nSPS) is 11.3. The zero-order chi connectivity index (χ0) is 13.4. The second kappa shape index (κ2) is 4.75. The van der Waals surface area contributed by atoms with Crippen LogP contribution in [0.15, 0.2) is 24.4 Å². The lowest BCUT2D eigenvalue weighted by Gasteiger charge is -2.02. The third kappa shape index (κ3) is 2.27. The molecule has 0 radical (unpaired) electrons. The number of aryl methyl sites for hydroxylation is 2. The van der Waals surface area contributed by atoms with Crippen LogP contribution in [0, 0.1) is 13.8 Å². The van der Waals surface area contributed by atoms with Crippen molar-refractivity contribution in [2.45, 2.75) is 20.3 Å². The number of hydrogen-bond donors (Lipinski definition) is 1. The number of benzene rings is 1. The number of hydrogen-bond acceptors (Lipinski definition) is 4. The molecule has 1 aromatic carbocycles. The number of nitrogens with zero attached hydrogens (tertiary/aromatic N) is 3. The Balaban J connectivity index is 2.05. The van der Waals surface area contributed by atoms with Gasteiger partial charge in [0.25, 0.3) is 0 Å². The van der Waals surface area contributed by atoms with E-state index in [0.29, 0.717) is 6.54 Å². The second-order valence-corrected chi connectivity index (χ2v) is 5.68. The van der Waals surface area contributed by atoms with Crippen LogP contribution >= 0.6 is 11.3 Å². The Labute approximate surface area is 115 Å². The largest absolute Gasteiger partial charge is 0.330 e. The number of aromatic nitrogens is 3. The monoisotopic (exact) mass is 272 g/mol. The average molecular weight is 272 g/mol. The first-order valence-electron chi connectivity index (χ1n) is 6.30. The summed E-state index contributed by atoms with van der Waals surface area (Å²) in [7, 11) is 0. The van der Waals surface area contributed by atoms with Gasteiger partial charge in [-0.15, -0.1) is 0 Å². The van der Waals surface area contributed by atoms with Crippen molar-refractivity contribution < 1.29 is 0 Å². The van der Waals surface area contributed by atoms with E-state index in [-0.39, 0.29) is 0 Å². The van der Waals surface area contributed by atoms with E-state index in [1.165, 1.54) is 16.7 Å². The summed E-state index contributed by atoms with van der Waals surface area (Å²) >= 11 is 1.62. The van der Waals surface area contributed by atoms with Gasteiger partial charge >= 0.3 is 0 Å². The van der Waals surface area contributed by atoms with Crippen LogP contribution in [0.25, 0.3) is 15.5 Å². The number of imidazole rings is 1. The van der Waals surface area contributed by atoms with Gasteiger partial charge in [-0.1, -0.05) is 29.0 Å². The Hall–Kier alpha value is -1.72. The molecule has 0 atom stereocenters. The van der Waals surface area contributed by atoms with Crippen molar-refractivity contribution in [1.82, 2.24) is 14.6 Å². The SMILES string of the molecule is Cc1ccc(C)c(-c2nn3cc(CCN)nc3s2)c1. The molecule has 2 heterocycles. The van der Waals surface area contributed by atoms with E-state index in [1.54, 1.807) is 11.3 Å². The molecule has 0 bridgehead atoms. The molecule has 0 saturated heterocycles. The Morgan fingerprint density at radius 3 is 2.89 bits per heavy atom. The average Bonchev–Trinajstić information content (AvgIpc) is 2.90. The maximum Gasteiger partial charge on any atom is 0.212 e. The maximum atomic E-state index is 5.54. The highest BCUT2D eigenvalue weighted by Gasteiger charge is 2.11. The minimum atomic E-state index is 0.620.